The Morgan fingerprint density at radius 1 is 1.33 bits per heavy atom. The molecule has 0 bridgehead atoms. The lowest BCUT2D eigenvalue weighted by Crippen LogP contribution is -2.34. The van der Waals surface area contributed by atoms with Crippen LogP contribution in [0.4, 0.5) is 0 Å². The lowest BCUT2D eigenvalue weighted by Gasteiger charge is -2.33. The van der Waals surface area contributed by atoms with Crippen LogP contribution in [0.25, 0.3) is 0 Å². The highest BCUT2D eigenvalue weighted by atomic mass is 16.6. The molecule has 1 aliphatic rings. The van der Waals surface area contributed by atoms with E-state index in [1.54, 1.807) is 7.11 Å². The van der Waals surface area contributed by atoms with Gasteiger partial charge in [-0.2, -0.15) is 0 Å². The van der Waals surface area contributed by atoms with Crippen LogP contribution < -0.4 is 9.47 Å². The fourth-order valence-electron chi connectivity index (χ4n) is 2.03. The number of methoxy groups -OCH3 is 1. The van der Waals surface area contributed by atoms with Crippen LogP contribution >= 0.6 is 0 Å². The standard InChI is InChI=1S/C14H20O4/c1-4-14(2,16-3)13(15)10-5-6-11-12(9-10)18-8-7-17-11/h5-6,9,13,15H,4,7-8H2,1-3H3. The van der Waals surface area contributed by atoms with Gasteiger partial charge in [0.05, 0.1) is 5.60 Å². The Kier molecular flexibility index (Phi) is 3.78. The summed E-state index contributed by atoms with van der Waals surface area (Å²) >= 11 is 0. The molecule has 100 valence electrons. The molecule has 2 unspecified atom stereocenters. The Hall–Kier alpha value is -1.26. The van der Waals surface area contributed by atoms with Crippen LogP contribution in [0.1, 0.15) is 31.9 Å². The first-order valence-electron chi connectivity index (χ1n) is 6.23. The van der Waals surface area contributed by atoms with Crippen LogP contribution in [0.2, 0.25) is 0 Å². The van der Waals surface area contributed by atoms with Crippen molar-refractivity contribution in [3.63, 3.8) is 0 Å². The van der Waals surface area contributed by atoms with E-state index in [0.29, 0.717) is 19.0 Å². The molecule has 1 aromatic carbocycles. The normalized spacial score (nSPS) is 19.1. The van der Waals surface area contributed by atoms with Gasteiger partial charge in [-0.15, -0.1) is 0 Å². The van der Waals surface area contributed by atoms with Crippen molar-refractivity contribution in [3.8, 4) is 11.5 Å². The number of aliphatic hydroxyl groups is 1. The van der Waals surface area contributed by atoms with Crippen molar-refractivity contribution in [2.24, 2.45) is 0 Å². The molecule has 0 saturated heterocycles. The van der Waals surface area contributed by atoms with Crippen molar-refractivity contribution in [1.82, 2.24) is 0 Å². The highest BCUT2D eigenvalue weighted by molar-refractivity contribution is 5.44. The van der Waals surface area contributed by atoms with E-state index >= 15 is 0 Å². The minimum atomic E-state index is -0.691. The second-order valence-corrected chi connectivity index (χ2v) is 4.68. The number of benzene rings is 1. The third-order valence-electron chi connectivity index (χ3n) is 3.63. The zero-order valence-electron chi connectivity index (χ0n) is 11.1. The molecule has 0 spiro atoms. The number of aliphatic hydroxyl groups excluding tert-OH is 1. The molecule has 4 heteroatoms. The van der Waals surface area contributed by atoms with E-state index in [0.717, 1.165) is 17.7 Å². The highest BCUT2D eigenvalue weighted by Crippen LogP contribution is 2.37. The number of hydrogen-bond acceptors (Lipinski definition) is 4. The molecule has 0 saturated carbocycles. The predicted molar refractivity (Wildman–Crippen MR) is 68.1 cm³/mol. The summed E-state index contributed by atoms with van der Waals surface area (Å²) in [7, 11) is 1.62. The monoisotopic (exact) mass is 252 g/mol. The van der Waals surface area contributed by atoms with Crippen LogP contribution in [0.5, 0.6) is 11.5 Å². The Balaban J connectivity index is 2.28. The van der Waals surface area contributed by atoms with E-state index in [9.17, 15) is 5.11 Å². The molecular weight excluding hydrogens is 232 g/mol. The summed E-state index contributed by atoms with van der Waals surface area (Å²) < 4.78 is 16.4. The summed E-state index contributed by atoms with van der Waals surface area (Å²) in [6.07, 6.45) is 0.0300. The largest absolute Gasteiger partial charge is 0.486 e. The molecule has 18 heavy (non-hydrogen) atoms. The van der Waals surface area contributed by atoms with Gasteiger partial charge in [-0.05, 0) is 31.0 Å². The molecule has 1 aliphatic heterocycles. The van der Waals surface area contributed by atoms with Crippen molar-refractivity contribution in [3.05, 3.63) is 23.8 Å². The van der Waals surface area contributed by atoms with Crippen LogP contribution in [0.15, 0.2) is 18.2 Å². The van der Waals surface area contributed by atoms with E-state index < -0.39 is 11.7 Å². The van der Waals surface area contributed by atoms with Gasteiger partial charge in [-0.3, -0.25) is 0 Å². The number of fused-ring (bicyclic) bond motifs is 1. The molecule has 1 aromatic rings. The van der Waals surface area contributed by atoms with Gasteiger partial charge in [-0.1, -0.05) is 13.0 Å². The van der Waals surface area contributed by atoms with Crippen molar-refractivity contribution < 1.29 is 19.3 Å². The maximum atomic E-state index is 10.4. The van der Waals surface area contributed by atoms with Gasteiger partial charge in [0.25, 0.3) is 0 Å². The summed E-state index contributed by atoms with van der Waals surface area (Å²) in [5, 5.41) is 10.4. The second-order valence-electron chi connectivity index (χ2n) is 4.68. The van der Waals surface area contributed by atoms with Crippen LogP contribution in [-0.4, -0.2) is 31.0 Å². The Bertz CT molecular complexity index is 412. The Morgan fingerprint density at radius 2 is 2.00 bits per heavy atom. The third kappa shape index (κ3) is 2.31. The average Bonchev–Trinajstić information content (AvgIpc) is 2.45. The summed E-state index contributed by atoms with van der Waals surface area (Å²) in [6, 6.07) is 5.51. The van der Waals surface area contributed by atoms with Crippen molar-refractivity contribution in [2.75, 3.05) is 20.3 Å². The zero-order valence-corrected chi connectivity index (χ0v) is 11.1. The number of rotatable bonds is 4. The predicted octanol–water partition coefficient (Wildman–Crippen LogP) is 2.31. The number of hydrogen-bond donors (Lipinski definition) is 1. The van der Waals surface area contributed by atoms with E-state index in [1.807, 2.05) is 32.0 Å². The van der Waals surface area contributed by atoms with Gasteiger partial charge >= 0.3 is 0 Å². The molecule has 0 aromatic heterocycles. The zero-order chi connectivity index (χ0) is 13.2. The topological polar surface area (TPSA) is 47.9 Å². The molecule has 2 rings (SSSR count). The fraction of sp³-hybridized carbons (Fsp3) is 0.571. The lowest BCUT2D eigenvalue weighted by atomic mass is 9.90. The molecule has 0 fully saturated rings. The molecule has 0 amide bonds. The summed E-state index contributed by atoms with van der Waals surface area (Å²) in [4.78, 5) is 0. The van der Waals surface area contributed by atoms with Gasteiger partial charge in [0.15, 0.2) is 11.5 Å². The van der Waals surface area contributed by atoms with Crippen LogP contribution in [-0.2, 0) is 4.74 Å². The maximum Gasteiger partial charge on any atom is 0.161 e. The summed E-state index contributed by atoms with van der Waals surface area (Å²) in [5.74, 6) is 1.42. The minimum absolute atomic E-state index is 0.544. The number of ether oxygens (including phenoxy) is 3. The molecule has 1 heterocycles. The fourth-order valence-corrected chi connectivity index (χ4v) is 2.03. The Labute approximate surface area is 107 Å². The molecule has 0 aliphatic carbocycles. The second kappa shape index (κ2) is 5.16. The first-order valence-corrected chi connectivity index (χ1v) is 6.23. The minimum Gasteiger partial charge on any atom is -0.486 e. The van der Waals surface area contributed by atoms with Crippen molar-refractivity contribution in [1.29, 1.82) is 0 Å². The van der Waals surface area contributed by atoms with Crippen molar-refractivity contribution >= 4 is 0 Å². The first kappa shape index (κ1) is 13.2. The SMILES string of the molecule is CCC(C)(OC)C(O)c1ccc2c(c1)OCCO2. The first-order chi connectivity index (χ1) is 8.60. The van der Waals surface area contributed by atoms with Gasteiger partial charge < -0.3 is 19.3 Å². The Morgan fingerprint density at radius 3 is 2.61 bits per heavy atom. The summed E-state index contributed by atoms with van der Waals surface area (Å²) in [6.45, 7) is 5.00. The highest BCUT2D eigenvalue weighted by Gasteiger charge is 2.33. The van der Waals surface area contributed by atoms with E-state index in [2.05, 4.69) is 0 Å². The van der Waals surface area contributed by atoms with Crippen molar-refractivity contribution in [2.45, 2.75) is 32.0 Å². The van der Waals surface area contributed by atoms with Crippen LogP contribution in [0.3, 0.4) is 0 Å². The van der Waals surface area contributed by atoms with E-state index in [-0.39, 0.29) is 0 Å². The average molecular weight is 252 g/mol. The molecule has 0 radical (unpaired) electrons. The quantitative estimate of drug-likeness (QED) is 0.893. The molecule has 2 atom stereocenters. The molecular formula is C14H20O4. The maximum absolute atomic E-state index is 10.4. The van der Waals surface area contributed by atoms with Gasteiger partial charge in [0.1, 0.15) is 19.3 Å². The smallest absolute Gasteiger partial charge is 0.161 e. The van der Waals surface area contributed by atoms with E-state index in [4.69, 9.17) is 14.2 Å². The van der Waals surface area contributed by atoms with Crippen LogP contribution in [0, 0.1) is 0 Å². The van der Waals surface area contributed by atoms with Gasteiger partial charge in [0.2, 0.25) is 0 Å². The summed E-state index contributed by atoms with van der Waals surface area (Å²) in [5.41, 5.74) is 0.189. The third-order valence-corrected chi connectivity index (χ3v) is 3.63. The van der Waals surface area contributed by atoms with E-state index in [1.165, 1.54) is 0 Å². The molecule has 4 nitrogen and oxygen atoms in total. The lowest BCUT2D eigenvalue weighted by molar-refractivity contribution is -0.0944. The van der Waals surface area contributed by atoms with Gasteiger partial charge in [-0.25, -0.2) is 0 Å². The molecule has 1 N–H and O–H groups in total. The van der Waals surface area contributed by atoms with Gasteiger partial charge in [0, 0.05) is 7.11 Å².